The molecule has 11 heteroatoms. The van der Waals surface area contributed by atoms with Crippen LogP contribution in [0, 0.1) is 0 Å². The van der Waals surface area contributed by atoms with E-state index in [0.717, 1.165) is 0 Å². The van der Waals surface area contributed by atoms with Crippen molar-refractivity contribution in [2.24, 2.45) is 0 Å². The van der Waals surface area contributed by atoms with Crippen molar-refractivity contribution in [3.05, 3.63) is 4.73 Å². The highest BCUT2D eigenvalue weighted by Gasteiger charge is 2.45. The van der Waals surface area contributed by atoms with Crippen LogP contribution >= 0.6 is 15.9 Å². The molecule has 0 radical (unpaired) electrons. The molecule has 1 saturated heterocycles. The number of rotatable bonds is 4. The largest absolute Gasteiger partial charge is 0.476 e. The predicted octanol–water partition coefficient (Wildman–Crippen LogP) is -0.819. The molecule has 0 spiro atoms. The maximum absolute atomic E-state index is 10.2. The van der Waals surface area contributed by atoms with E-state index in [2.05, 4.69) is 30.9 Å². The summed E-state index contributed by atoms with van der Waals surface area (Å²) < 4.78 is 12.6. The number of ether oxygens (including phenoxy) is 2. The van der Waals surface area contributed by atoms with Crippen LogP contribution in [0.3, 0.4) is 0 Å². The number of halogens is 1. The summed E-state index contributed by atoms with van der Waals surface area (Å²) >= 11 is 3.27. The van der Waals surface area contributed by atoms with Crippen LogP contribution in [0.5, 0.6) is 5.88 Å². The molecule has 5 N–H and O–H groups in total. The average Bonchev–Trinajstić information content (AvgIpc) is 2.97. The number of hydrogen-bond donors (Lipinski definition) is 4. The molecule has 0 amide bonds. The summed E-state index contributed by atoms with van der Waals surface area (Å²) in [5.74, 6) is 0.183. The maximum Gasteiger partial charge on any atom is 0.247 e. The molecule has 23 heavy (non-hydrogen) atoms. The van der Waals surface area contributed by atoms with Crippen LogP contribution < -0.4 is 10.5 Å². The normalized spacial score (nSPS) is 27.7. The van der Waals surface area contributed by atoms with Gasteiger partial charge in [-0.15, -0.1) is 0 Å². The van der Waals surface area contributed by atoms with E-state index in [1.165, 1.54) is 4.57 Å². The number of nitrogen functional groups attached to an aromatic ring is 1. The summed E-state index contributed by atoms with van der Waals surface area (Å²) in [4.78, 5) is 12.4. The number of nitrogens with two attached hydrogens (primary N) is 1. The predicted molar refractivity (Wildman–Crippen MR) is 81.6 cm³/mol. The van der Waals surface area contributed by atoms with Crippen LogP contribution in [-0.4, -0.2) is 66.4 Å². The zero-order valence-corrected chi connectivity index (χ0v) is 13.7. The summed E-state index contributed by atoms with van der Waals surface area (Å²) in [6, 6.07) is 0. The third-order valence-electron chi connectivity index (χ3n) is 3.53. The first-order valence-corrected chi connectivity index (χ1v) is 7.73. The van der Waals surface area contributed by atoms with Gasteiger partial charge in [0.25, 0.3) is 0 Å². The summed E-state index contributed by atoms with van der Waals surface area (Å²) in [6.45, 7) is 1.73. The van der Waals surface area contributed by atoms with Crippen LogP contribution in [0.2, 0.25) is 0 Å². The van der Waals surface area contributed by atoms with E-state index in [9.17, 15) is 15.3 Å². The van der Waals surface area contributed by atoms with E-state index in [1.807, 2.05) is 0 Å². The van der Waals surface area contributed by atoms with Gasteiger partial charge in [0.2, 0.25) is 11.8 Å². The van der Waals surface area contributed by atoms with Gasteiger partial charge in [0, 0.05) is 0 Å². The van der Waals surface area contributed by atoms with Gasteiger partial charge in [-0.05, 0) is 22.9 Å². The van der Waals surface area contributed by atoms with Gasteiger partial charge in [-0.2, -0.15) is 9.97 Å². The molecule has 0 aromatic carbocycles. The highest BCUT2D eigenvalue weighted by molar-refractivity contribution is 9.10. The lowest BCUT2D eigenvalue weighted by molar-refractivity contribution is -0.0521. The molecular formula is C12H16BrN5O5. The first kappa shape index (κ1) is 16.3. The number of hydrogen-bond acceptors (Lipinski definition) is 9. The first-order chi connectivity index (χ1) is 11.0. The lowest BCUT2D eigenvalue weighted by Crippen LogP contribution is -2.33. The maximum atomic E-state index is 10.2. The molecule has 4 atom stereocenters. The fourth-order valence-electron chi connectivity index (χ4n) is 2.49. The number of aromatic nitrogens is 4. The molecule has 3 heterocycles. The zero-order chi connectivity index (χ0) is 16.7. The molecule has 1 fully saturated rings. The van der Waals surface area contributed by atoms with Crippen molar-refractivity contribution in [1.82, 2.24) is 19.5 Å². The summed E-state index contributed by atoms with van der Waals surface area (Å²) in [5.41, 5.74) is 6.31. The van der Waals surface area contributed by atoms with E-state index in [1.54, 1.807) is 6.92 Å². The van der Waals surface area contributed by atoms with Crippen molar-refractivity contribution < 1.29 is 24.8 Å². The molecule has 0 bridgehead atoms. The van der Waals surface area contributed by atoms with E-state index in [0.29, 0.717) is 16.9 Å². The van der Waals surface area contributed by atoms with Crippen LogP contribution in [0.25, 0.3) is 11.2 Å². The molecule has 126 valence electrons. The minimum Gasteiger partial charge on any atom is -0.476 e. The van der Waals surface area contributed by atoms with E-state index in [-0.39, 0.29) is 17.5 Å². The average molecular weight is 390 g/mol. The highest BCUT2D eigenvalue weighted by atomic mass is 79.9. The number of aliphatic hydroxyl groups is 3. The Balaban J connectivity index is 2.13. The van der Waals surface area contributed by atoms with Crippen molar-refractivity contribution in [1.29, 1.82) is 0 Å². The topological polar surface area (TPSA) is 149 Å². The Hall–Kier alpha value is -1.53. The van der Waals surface area contributed by atoms with Gasteiger partial charge in [0.05, 0.1) is 13.2 Å². The quantitative estimate of drug-likeness (QED) is 0.491. The number of fused-ring (bicyclic) bond motifs is 1. The Kier molecular flexibility index (Phi) is 4.38. The standard InChI is InChI=1S/C12H16BrN5O5/c1-2-22-9-5-8(16-12(14)17-9)18(11(13)15-5)10-7(21)6(20)4(3-19)23-10/h4,6-7,10,19-21H,2-3H2,1H3,(H2,14,16,17)/t4-,6-,7-,10-/m1/s1. The van der Waals surface area contributed by atoms with Crippen LogP contribution in [0.1, 0.15) is 13.2 Å². The molecule has 1 aliphatic heterocycles. The van der Waals surface area contributed by atoms with Crippen molar-refractivity contribution in [2.45, 2.75) is 31.5 Å². The summed E-state index contributed by atoms with van der Waals surface area (Å²) in [7, 11) is 0. The van der Waals surface area contributed by atoms with Gasteiger partial charge in [-0.25, -0.2) is 4.98 Å². The molecule has 1 aliphatic rings. The van der Waals surface area contributed by atoms with Gasteiger partial charge in [-0.3, -0.25) is 4.57 Å². The molecule has 0 unspecified atom stereocenters. The number of nitrogens with zero attached hydrogens (tertiary/aromatic N) is 4. The van der Waals surface area contributed by atoms with Crippen LogP contribution in [0.4, 0.5) is 5.95 Å². The van der Waals surface area contributed by atoms with Gasteiger partial charge in [0.15, 0.2) is 22.1 Å². The minimum absolute atomic E-state index is 0.0265. The SMILES string of the molecule is CCOc1nc(N)nc2c1nc(Br)n2[C@@H]1O[C@H](CO)[C@@H](O)[C@H]1O. The molecule has 3 rings (SSSR count). The van der Waals surface area contributed by atoms with Gasteiger partial charge < -0.3 is 30.5 Å². The molecule has 0 saturated carbocycles. The Bertz CT molecular complexity index is 725. The minimum atomic E-state index is -1.27. The summed E-state index contributed by atoms with van der Waals surface area (Å²) in [6.07, 6.45) is -4.41. The van der Waals surface area contributed by atoms with E-state index in [4.69, 9.17) is 15.2 Å². The first-order valence-electron chi connectivity index (χ1n) is 6.94. The van der Waals surface area contributed by atoms with Crippen molar-refractivity contribution in [3.63, 3.8) is 0 Å². The fourth-order valence-corrected chi connectivity index (χ4v) is 3.04. The lowest BCUT2D eigenvalue weighted by Gasteiger charge is -2.17. The van der Waals surface area contributed by atoms with Crippen molar-refractivity contribution in [3.8, 4) is 5.88 Å². The Labute approximate surface area is 139 Å². The molecule has 2 aromatic rings. The van der Waals surface area contributed by atoms with Crippen molar-refractivity contribution in [2.75, 3.05) is 18.9 Å². The van der Waals surface area contributed by atoms with Gasteiger partial charge in [-0.1, -0.05) is 0 Å². The van der Waals surface area contributed by atoms with Gasteiger partial charge >= 0.3 is 0 Å². The fraction of sp³-hybridized carbons (Fsp3) is 0.583. The molecule has 2 aromatic heterocycles. The summed E-state index contributed by atoms with van der Waals surface area (Å²) in [5, 5.41) is 29.3. The monoisotopic (exact) mass is 389 g/mol. The van der Waals surface area contributed by atoms with E-state index < -0.39 is 31.1 Å². The second kappa shape index (κ2) is 6.17. The van der Waals surface area contributed by atoms with Gasteiger partial charge in [0.1, 0.15) is 18.3 Å². The number of aliphatic hydroxyl groups excluding tert-OH is 3. The Morgan fingerprint density at radius 1 is 1.30 bits per heavy atom. The number of imidazole rings is 1. The zero-order valence-electron chi connectivity index (χ0n) is 12.1. The van der Waals surface area contributed by atoms with Crippen LogP contribution in [0.15, 0.2) is 4.73 Å². The lowest BCUT2D eigenvalue weighted by atomic mass is 10.1. The second-order valence-electron chi connectivity index (χ2n) is 4.97. The molecular weight excluding hydrogens is 374 g/mol. The Morgan fingerprint density at radius 3 is 2.65 bits per heavy atom. The van der Waals surface area contributed by atoms with Crippen LogP contribution in [-0.2, 0) is 4.74 Å². The highest BCUT2D eigenvalue weighted by Crippen LogP contribution is 2.36. The van der Waals surface area contributed by atoms with Crippen molar-refractivity contribution >= 4 is 33.0 Å². The van der Waals surface area contributed by atoms with E-state index >= 15 is 0 Å². The smallest absolute Gasteiger partial charge is 0.247 e. The third-order valence-corrected chi connectivity index (χ3v) is 4.09. The molecule has 0 aliphatic carbocycles. The second-order valence-corrected chi connectivity index (χ2v) is 5.68. The Morgan fingerprint density at radius 2 is 2.04 bits per heavy atom. The third kappa shape index (κ3) is 2.64. The number of anilines is 1. The molecule has 10 nitrogen and oxygen atoms in total.